The zero-order valence-electron chi connectivity index (χ0n) is 19.1. The normalized spacial score (nSPS) is 15.0. The van der Waals surface area contributed by atoms with Crippen LogP contribution in [0.4, 0.5) is 5.69 Å². The number of nitro groups is 1. The van der Waals surface area contributed by atoms with E-state index in [-0.39, 0.29) is 40.0 Å². The number of carbonyl (C=O) groups excluding carboxylic acids is 1. The van der Waals surface area contributed by atoms with Gasteiger partial charge >= 0.3 is 5.69 Å². The van der Waals surface area contributed by atoms with E-state index >= 15 is 0 Å². The number of pyridine rings is 1. The molecule has 0 radical (unpaired) electrons. The molecule has 0 bridgehead atoms. The molecule has 182 valence electrons. The lowest BCUT2D eigenvalue weighted by Crippen LogP contribution is -2.37. The molecule has 35 heavy (non-hydrogen) atoms. The molecule has 2 aromatic carbocycles. The van der Waals surface area contributed by atoms with Crippen LogP contribution in [-0.2, 0) is 11.3 Å². The zero-order valence-corrected chi connectivity index (χ0v) is 19.8. The Morgan fingerprint density at radius 1 is 1.23 bits per heavy atom. The Hall–Kier alpha value is -3.69. The molecular weight excluding hydrogens is 474 g/mol. The molecule has 1 saturated heterocycles. The van der Waals surface area contributed by atoms with Gasteiger partial charge in [0.25, 0.3) is 5.91 Å². The van der Waals surface area contributed by atoms with E-state index in [1.54, 1.807) is 35.5 Å². The summed E-state index contributed by atoms with van der Waals surface area (Å²) in [5.74, 6) is 0.297. The molecule has 1 aromatic heterocycles. The second-order valence-corrected chi connectivity index (χ2v) is 8.46. The van der Waals surface area contributed by atoms with Crippen LogP contribution in [-0.4, -0.2) is 47.1 Å². The third-order valence-electron chi connectivity index (χ3n) is 5.58. The van der Waals surface area contributed by atoms with Crippen LogP contribution in [0.5, 0.6) is 17.2 Å². The highest BCUT2D eigenvalue weighted by Gasteiger charge is 2.25. The Morgan fingerprint density at radius 2 is 2.06 bits per heavy atom. The second kappa shape index (κ2) is 11.2. The summed E-state index contributed by atoms with van der Waals surface area (Å²) in [5, 5.41) is 11.6. The average Bonchev–Trinajstić information content (AvgIpc) is 3.38. The van der Waals surface area contributed by atoms with Crippen molar-refractivity contribution in [1.29, 1.82) is 0 Å². The van der Waals surface area contributed by atoms with Gasteiger partial charge in [-0.2, -0.15) is 0 Å². The number of nitrogens with zero attached hydrogens (tertiary/aromatic N) is 3. The molecule has 2 heterocycles. The van der Waals surface area contributed by atoms with Crippen LogP contribution >= 0.6 is 11.6 Å². The predicted octanol–water partition coefficient (Wildman–Crippen LogP) is 5.27. The fourth-order valence-corrected chi connectivity index (χ4v) is 4.04. The third kappa shape index (κ3) is 6.06. The zero-order chi connectivity index (χ0) is 24.8. The molecule has 1 aliphatic rings. The van der Waals surface area contributed by atoms with Crippen molar-refractivity contribution in [3.05, 3.63) is 87.2 Å². The summed E-state index contributed by atoms with van der Waals surface area (Å²) in [6.45, 7) is 1.52. The Kier molecular flexibility index (Phi) is 7.79. The van der Waals surface area contributed by atoms with Gasteiger partial charge in [0.2, 0.25) is 5.75 Å². The molecule has 1 fully saturated rings. The van der Waals surface area contributed by atoms with Crippen LogP contribution in [0.3, 0.4) is 0 Å². The quantitative estimate of drug-likeness (QED) is 0.293. The largest absolute Gasteiger partial charge is 0.493 e. The van der Waals surface area contributed by atoms with E-state index in [9.17, 15) is 14.9 Å². The number of hydrogen-bond acceptors (Lipinski definition) is 7. The SMILES string of the molecule is COc1cc(C(=O)N(Cc2cccnc2)CC2CCCO2)ccc1Oc1ccc(Cl)cc1[N+](=O)[O-]. The number of carbonyl (C=O) groups is 1. The van der Waals surface area contributed by atoms with Gasteiger partial charge in [-0.1, -0.05) is 17.7 Å². The molecule has 0 N–H and O–H groups in total. The van der Waals surface area contributed by atoms with Gasteiger partial charge in [0.1, 0.15) is 0 Å². The van der Waals surface area contributed by atoms with Crippen molar-refractivity contribution >= 4 is 23.2 Å². The first-order chi connectivity index (χ1) is 16.9. The number of hydrogen-bond donors (Lipinski definition) is 0. The van der Waals surface area contributed by atoms with Crippen LogP contribution in [0, 0.1) is 10.1 Å². The summed E-state index contributed by atoms with van der Waals surface area (Å²) in [5.41, 5.74) is 1.02. The maximum Gasteiger partial charge on any atom is 0.313 e. The summed E-state index contributed by atoms with van der Waals surface area (Å²) in [7, 11) is 1.44. The minimum Gasteiger partial charge on any atom is -0.493 e. The van der Waals surface area contributed by atoms with E-state index in [1.807, 2.05) is 12.1 Å². The Balaban J connectivity index is 1.59. The number of amides is 1. The molecular formula is C25H24ClN3O6. The van der Waals surface area contributed by atoms with Gasteiger partial charge in [-0.15, -0.1) is 0 Å². The van der Waals surface area contributed by atoms with Crippen LogP contribution in [0.15, 0.2) is 60.9 Å². The minimum absolute atomic E-state index is 0.00774. The number of benzene rings is 2. The number of halogens is 1. The Morgan fingerprint density at radius 3 is 2.74 bits per heavy atom. The fraction of sp³-hybridized carbons (Fsp3) is 0.280. The Labute approximate surface area is 207 Å². The molecule has 0 aliphatic carbocycles. The molecule has 9 nitrogen and oxygen atoms in total. The van der Waals surface area contributed by atoms with Gasteiger partial charge in [-0.3, -0.25) is 19.9 Å². The van der Waals surface area contributed by atoms with E-state index in [0.717, 1.165) is 18.4 Å². The molecule has 1 unspecified atom stereocenters. The van der Waals surface area contributed by atoms with Gasteiger partial charge in [0, 0.05) is 48.7 Å². The molecule has 10 heteroatoms. The molecule has 1 atom stereocenters. The van der Waals surface area contributed by atoms with Crippen LogP contribution in [0.1, 0.15) is 28.8 Å². The first kappa shape index (κ1) is 24.4. The molecule has 1 aliphatic heterocycles. The summed E-state index contributed by atoms with van der Waals surface area (Å²) >= 11 is 5.89. The Bertz CT molecular complexity index is 1200. The van der Waals surface area contributed by atoms with Gasteiger partial charge in [-0.05, 0) is 54.8 Å². The monoisotopic (exact) mass is 497 g/mol. The van der Waals surface area contributed by atoms with Crippen molar-refractivity contribution in [3.8, 4) is 17.2 Å². The number of methoxy groups -OCH3 is 1. The van der Waals surface area contributed by atoms with Crippen molar-refractivity contribution in [1.82, 2.24) is 9.88 Å². The van der Waals surface area contributed by atoms with Gasteiger partial charge in [0.15, 0.2) is 11.5 Å². The highest BCUT2D eigenvalue weighted by Crippen LogP contribution is 2.38. The topological polar surface area (TPSA) is 104 Å². The highest BCUT2D eigenvalue weighted by molar-refractivity contribution is 6.30. The fourth-order valence-electron chi connectivity index (χ4n) is 3.87. The number of nitro benzene ring substituents is 1. The first-order valence-electron chi connectivity index (χ1n) is 11.0. The average molecular weight is 498 g/mol. The van der Waals surface area contributed by atoms with Crippen LogP contribution < -0.4 is 9.47 Å². The summed E-state index contributed by atoms with van der Waals surface area (Å²) in [6, 6.07) is 12.6. The van der Waals surface area contributed by atoms with Gasteiger partial charge in [-0.25, -0.2) is 0 Å². The molecule has 0 spiro atoms. The lowest BCUT2D eigenvalue weighted by atomic mass is 10.1. The predicted molar refractivity (Wildman–Crippen MR) is 129 cm³/mol. The standard InChI is InChI=1S/C25H24ClN3O6/c1-33-24-12-18(6-8-23(24)35-22-9-7-19(26)13-21(22)29(31)32)25(30)28(16-20-5-3-11-34-20)15-17-4-2-10-27-14-17/h2,4,6-10,12-14,20H,3,5,11,15-16H2,1H3. The molecule has 0 saturated carbocycles. The maximum absolute atomic E-state index is 13.5. The summed E-state index contributed by atoms with van der Waals surface area (Å²) < 4.78 is 17.0. The summed E-state index contributed by atoms with van der Waals surface area (Å²) in [4.78, 5) is 30.2. The van der Waals surface area contributed by atoms with Crippen LogP contribution in [0.25, 0.3) is 0 Å². The second-order valence-electron chi connectivity index (χ2n) is 8.02. The molecule has 1 amide bonds. The number of ether oxygens (including phenoxy) is 3. The van der Waals surface area contributed by atoms with E-state index in [4.69, 9.17) is 25.8 Å². The summed E-state index contributed by atoms with van der Waals surface area (Å²) in [6.07, 6.45) is 5.25. The lowest BCUT2D eigenvalue weighted by Gasteiger charge is -2.26. The van der Waals surface area contributed by atoms with E-state index in [1.165, 1.54) is 25.3 Å². The van der Waals surface area contributed by atoms with E-state index in [0.29, 0.717) is 25.3 Å². The smallest absolute Gasteiger partial charge is 0.313 e. The molecule has 3 aromatic rings. The van der Waals surface area contributed by atoms with E-state index in [2.05, 4.69) is 4.98 Å². The van der Waals surface area contributed by atoms with Crippen LogP contribution in [0.2, 0.25) is 5.02 Å². The highest BCUT2D eigenvalue weighted by atomic mass is 35.5. The van der Waals surface area contributed by atoms with Crippen molar-refractivity contribution in [2.45, 2.75) is 25.5 Å². The number of aromatic nitrogens is 1. The minimum atomic E-state index is -0.576. The van der Waals surface area contributed by atoms with Gasteiger partial charge < -0.3 is 19.1 Å². The van der Waals surface area contributed by atoms with Crippen molar-refractivity contribution in [2.24, 2.45) is 0 Å². The number of rotatable bonds is 9. The maximum atomic E-state index is 13.5. The third-order valence-corrected chi connectivity index (χ3v) is 5.81. The molecule has 4 rings (SSSR count). The van der Waals surface area contributed by atoms with Crippen molar-refractivity contribution in [2.75, 3.05) is 20.3 Å². The van der Waals surface area contributed by atoms with E-state index < -0.39 is 4.92 Å². The van der Waals surface area contributed by atoms with Crippen molar-refractivity contribution in [3.63, 3.8) is 0 Å². The van der Waals surface area contributed by atoms with Gasteiger partial charge in [0.05, 0.1) is 18.1 Å². The lowest BCUT2D eigenvalue weighted by molar-refractivity contribution is -0.385. The van der Waals surface area contributed by atoms with Crippen molar-refractivity contribution < 1.29 is 23.9 Å². The first-order valence-corrected chi connectivity index (χ1v) is 11.4.